The maximum atomic E-state index is 12.2. The number of aryl methyl sites for hydroxylation is 1. The average molecular weight is 401 g/mol. The van der Waals surface area contributed by atoms with Crippen molar-refractivity contribution in [3.8, 4) is 17.2 Å². The van der Waals surface area contributed by atoms with Gasteiger partial charge in [0.2, 0.25) is 13.5 Å². The molecule has 1 aromatic heterocycles. The molecular formula is C21H19ClNO5+. The molecule has 0 aliphatic carbocycles. The van der Waals surface area contributed by atoms with E-state index in [1.165, 1.54) is 4.90 Å². The van der Waals surface area contributed by atoms with E-state index in [2.05, 4.69) is 0 Å². The summed E-state index contributed by atoms with van der Waals surface area (Å²) in [6.07, 6.45) is 0. The van der Waals surface area contributed by atoms with Crippen molar-refractivity contribution >= 4 is 22.6 Å². The van der Waals surface area contributed by atoms with Crippen LogP contribution in [0.2, 0.25) is 5.02 Å². The molecule has 7 heteroatoms. The number of ether oxygens (including phenoxy) is 3. The highest BCUT2D eigenvalue weighted by Crippen LogP contribution is 2.37. The first-order chi connectivity index (χ1) is 13.5. The van der Waals surface area contributed by atoms with Gasteiger partial charge in [0, 0.05) is 16.5 Å². The molecule has 0 saturated heterocycles. The van der Waals surface area contributed by atoms with E-state index >= 15 is 0 Å². The van der Waals surface area contributed by atoms with Gasteiger partial charge in [0.15, 0.2) is 22.8 Å². The van der Waals surface area contributed by atoms with Gasteiger partial charge in [-0.25, -0.2) is 4.79 Å². The molecule has 1 atom stereocenters. The Labute approximate surface area is 166 Å². The van der Waals surface area contributed by atoms with E-state index in [0.29, 0.717) is 35.2 Å². The number of hydrogen-bond acceptors (Lipinski definition) is 5. The summed E-state index contributed by atoms with van der Waals surface area (Å²) in [5.41, 5.74) is 3.69. The third-order valence-electron chi connectivity index (χ3n) is 5.49. The highest BCUT2D eigenvalue weighted by molar-refractivity contribution is 6.33. The minimum absolute atomic E-state index is 0.258. The van der Waals surface area contributed by atoms with E-state index in [0.717, 1.165) is 40.1 Å². The first-order valence-electron chi connectivity index (χ1n) is 9.11. The molecule has 0 fully saturated rings. The van der Waals surface area contributed by atoms with Crippen LogP contribution in [0.1, 0.15) is 22.3 Å². The van der Waals surface area contributed by atoms with Crippen LogP contribution in [-0.4, -0.2) is 13.5 Å². The van der Waals surface area contributed by atoms with E-state index in [-0.39, 0.29) is 12.4 Å². The summed E-state index contributed by atoms with van der Waals surface area (Å²) in [6.45, 7) is 5.79. The summed E-state index contributed by atoms with van der Waals surface area (Å²) in [6, 6.07) is 7.77. The number of benzene rings is 2. The molecule has 3 aromatic rings. The fourth-order valence-electron chi connectivity index (χ4n) is 3.83. The molecule has 2 aliphatic rings. The number of hydrogen-bond donors (Lipinski definition) is 1. The summed E-state index contributed by atoms with van der Waals surface area (Å²) in [5, 5.41) is 1.40. The zero-order valence-corrected chi connectivity index (χ0v) is 16.3. The summed E-state index contributed by atoms with van der Waals surface area (Å²) in [4.78, 5) is 13.4. The lowest BCUT2D eigenvalue weighted by Crippen LogP contribution is -3.10. The molecule has 144 valence electrons. The summed E-state index contributed by atoms with van der Waals surface area (Å²) < 4.78 is 22.4. The predicted molar refractivity (Wildman–Crippen MR) is 103 cm³/mol. The van der Waals surface area contributed by atoms with E-state index in [4.69, 9.17) is 30.2 Å². The van der Waals surface area contributed by atoms with Gasteiger partial charge in [0.1, 0.15) is 13.1 Å². The Kier molecular flexibility index (Phi) is 4.00. The fraction of sp³-hybridized carbons (Fsp3) is 0.286. The second kappa shape index (κ2) is 6.43. The molecule has 0 radical (unpaired) electrons. The van der Waals surface area contributed by atoms with Crippen LogP contribution < -0.4 is 24.7 Å². The van der Waals surface area contributed by atoms with Crippen LogP contribution in [-0.2, 0) is 13.1 Å². The van der Waals surface area contributed by atoms with Crippen molar-refractivity contribution in [2.75, 3.05) is 13.5 Å². The van der Waals surface area contributed by atoms with Gasteiger partial charge >= 0.3 is 5.63 Å². The second-order valence-corrected chi connectivity index (χ2v) is 7.67. The first kappa shape index (κ1) is 17.4. The lowest BCUT2D eigenvalue weighted by Gasteiger charge is -2.27. The van der Waals surface area contributed by atoms with Crippen molar-refractivity contribution < 1.29 is 23.5 Å². The van der Waals surface area contributed by atoms with Crippen molar-refractivity contribution in [3.63, 3.8) is 0 Å². The molecule has 0 bridgehead atoms. The topological polar surface area (TPSA) is 62.3 Å². The molecule has 28 heavy (non-hydrogen) atoms. The van der Waals surface area contributed by atoms with Gasteiger partial charge in [0.25, 0.3) is 0 Å². The smallest absolute Gasteiger partial charge is 0.339 e. The molecule has 2 aromatic carbocycles. The monoisotopic (exact) mass is 400 g/mol. The van der Waals surface area contributed by atoms with Crippen LogP contribution in [0.5, 0.6) is 17.2 Å². The zero-order chi connectivity index (χ0) is 19.4. The maximum Gasteiger partial charge on any atom is 0.339 e. The molecule has 1 unspecified atom stereocenters. The molecule has 5 rings (SSSR count). The molecule has 0 amide bonds. The minimum atomic E-state index is -0.322. The average Bonchev–Trinajstić information content (AvgIpc) is 3.15. The maximum absolute atomic E-state index is 12.2. The van der Waals surface area contributed by atoms with Crippen LogP contribution >= 0.6 is 11.6 Å². The van der Waals surface area contributed by atoms with Gasteiger partial charge in [-0.1, -0.05) is 11.6 Å². The van der Waals surface area contributed by atoms with E-state index < -0.39 is 0 Å². The van der Waals surface area contributed by atoms with Gasteiger partial charge in [0.05, 0.1) is 10.6 Å². The number of nitrogens with one attached hydrogen (secondary N) is 1. The number of quaternary nitrogens is 1. The molecule has 0 saturated carbocycles. The Hall–Kier alpha value is -2.70. The van der Waals surface area contributed by atoms with Crippen molar-refractivity contribution in [2.24, 2.45) is 0 Å². The predicted octanol–water partition coefficient (Wildman–Crippen LogP) is 2.73. The molecule has 1 N–H and O–H groups in total. The van der Waals surface area contributed by atoms with Crippen LogP contribution in [0, 0.1) is 13.8 Å². The lowest BCUT2D eigenvalue weighted by atomic mass is 10.0. The molecule has 0 spiro atoms. The normalized spacial score (nSPS) is 17.5. The third kappa shape index (κ3) is 2.72. The van der Waals surface area contributed by atoms with Gasteiger partial charge in [-0.3, -0.25) is 4.90 Å². The molecule has 2 aliphatic heterocycles. The van der Waals surface area contributed by atoms with Crippen molar-refractivity contribution in [3.05, 3.63) is 62.0 Å². The number of fused-ring (bicyclic) bond motifs is 4. The van der Waals surface area contributed by atoms with Crippen LogP contribution in [0.3, 0.4) is 0 Å². The third-order valence-corrected chi connectivity index (χ3v) is 5.77. The Morgan fingerprint density at radius 1 is 1.07 bits per heavy atom. The van der Waals surface area contributed by atoms with Crippen molar-refractivity contribution in [1.82, 2.24) is 0 Å². The quantitative estimate of drug-likeness (QED) is 0.670. The van der Waals surface area contributed by atoms with E-state index in [9.17, 15) is 4.79 Å². The van der Waals surface area contributed by atoms with E-state index in [1.807, 2.05) is 31.2 Å². The minimum Gasteiger partial charge on any atom is -0.454 e. The fourth-order valence-corrected chi connectivity index (χ4v) is 4.11. The summed E-state index contributed by atoms with van der Waals surface area (Å²) in [5.74, 6) is 2.14. The zero-order valence-electron chi connectivity index (χ0n) is 15.6. The van der Waals surface area contributed by atoms with Gasteiger partial charge in [-0.2, -0.15) is 0 Å². The van der Waals surface area contributed by atoms with E-state index in [1.54, 1.807) is 6.92 Å². The SMILES string of the molecule is Cc1c(C)c2cc(Cl)c3c(c2oc1=O)C[NH+](Cc1ccc2c(c1)OCO2)CO3. The van der Waals surface area contributed by atoms with Gasteiger partial charge < -0.3 is 18.6 Å². The van der Waals surface area contributed by atoms with Crippen LogP contribution in [0.25, 0.3) is 11.0 Å². The highest BCUT2D eigenvalue weighted by atomic mass is 35.5. The summed E-state index contributed by atoms with van der Waals surface area (Å²) in [7, 11) is 0. The van der Waals surface area contributed by atoms with Gasteiger partial charge in [-0.15, -0.1) is 0 Å². The Morgan fingerprint density at radius 2 is 1.89 bits per heavy atom. The lowest BCUT2D eigenvalue weighted by molar-refractivity contribution is -0.945. The standard InChI is InChI=1S/C21H18ClNO5/c1-11-12(2)21(24)28-19-14(11)6-16(22)20-15(19)8-23(9-25-20)7-13-3-4-17-18(5-13)27-10-26-17/h3-6H,7-10H2,1-2H3/p+1. The first-order valence-corrected chi connectivity index (χ1v) is 9.49. The Bertz CT molecular complexity index is 1170. The second-order valence-electron chi connectivity index (χ2n) is 7.26. The van der Waals surface area contributed by atoms with Gasteiger partial charge in [-0.05, 0) is 43.7 Å². The van der Waals surface area contributed by atoms with Crippen LogP contribution in [0.15, 0.2) is 33.5 Å². The van der Waals surface area contributed by atoms with Crippen LogP contribution in [0.4, 0.5) is 0 Å². The van der Waals surface area contributed by atoms with Crippen molar-refractivity contribution in [2.45, 2.75) is 26.9 Å². The number of rotatable bonds is 2. The number of halogens is 1. The Balaban J connectivity index is 1.52. The Morgan fingerprint density at radius 3 is 2.75 bits per heavy atom. The molecular weight excluding hydrogens is 382 g/mol. The summed E-state index contributed by atoms with van der Waals surface area (Å²) >= 11 is 6.47. The molecule has 3 heterocycles. The highest BCUT2D eigenvalue weighted by Gasteiger charge is 2.28. The molecule has 6 nitrogen and oxygen atoms in total. The largest absolute Gasteiger partial charge is 0.454 e. The van der Waals surface area contributed by atoms with Crippen molar-refractivity contribution in [1.29, 1.82) is 0 Å².